The summed E-state index contributed by atoms with van der Waals surface area (Å²) in [5, 5.41) is 87.1. The third kappa shape index (κ3) is 27.7. The van der Waals surface area contributed by atoms with Crippen molar-refractivity contribution in [1.29, 1.82) is 0 Å². The largest absolute Gasteiger partial charge is 0.394 e. The van der Waals surface area contributed by atoms with Crippen molar-refractivity contribution in [2.45, 2.75) is 319 Å². The highest BCUT2D eigenvalue weighted by molar-refractivity contribution is 5.76. The summed E-state index contributed by atoms with van der Waals surface area (Å²) < 4.78 is 22.8. The molecule has 14 heteroatoms. The molecule has 0 radical (unpaired) electrons. The number of ether oxygens (including phenoxy) is 4. The molecule has 0 spiro atoms. The summed E-state index contributed by atoms with van der Waals surface area (Å²) >= 11 is 0. The number of nitrogens with one attached hydrogen (secondary N) is 1. The van der Waals surface area contributed by atoms with Crippen molar-refractivity contribution in [3.8, 4) is 0 Å². The molecule has 9 N–H and O–H groups in total. The summed E-state index contributed by atoms with van der Waals surface area (Å²) in [5.74, 6) is -0.204. The first-order chi connectivity index (χ1) is 33.1. The lowest BCUT2D eigenvalue weighted by Gasteiger charge is -2.46. The third-order valence-electron chi connectivity index (χ3n) is 14.3. The van der Waals surface area contributed by atoms with Gasteiger partial charge in [0.15, 0.2) is 12.6 Å². The van der Waals surface area contributed by atoms with E-state index in [-0.39, 0.29) is 12.5 Å². The Morgan fingerprint density at radius 2 is 0.838 bits per heavy atom. The number of carbonyl (C=O) groups excluding carboxylic acids is 1. The quantitative estimate of drug-likeness (QED) is 0.0261. The van der Waals surface area contributed by atoms with Gasteiger partial charge in [-0.2, -0.15) is 0 Å². The van der Waals surface area contributed by atoms with Crippen LogP contribution in [0.2, 0.25) is 0 Å². The van der Waals surface area contributed by atoms with Crippen LogP contribution in [0.1, 0.15) is 245 Å². The van der Waals surface area contributed by atoms with Gasteiger partial charge >= 0.3 is 0 Å². The molecule has 2 aliphatic heterocycles. The fourth-order valence-corrected chi connectivity index (χ4v) is 9.71. The normalized spacial score (nSPS) is 26.3. The molecule has 68 heavy (non-hydrogen) atoms. The van der Waals surface area contributed by atoms with E-state index in [0.29, 0.717) is 12.8 Å². The number of amides is 1. The van der Waals surface area contributed by atoms with Gasteiger partial charge in [0, 0.05) is 6.42 Å². The van der Waals surface area contributed by atoms with Crippen LogP contribution >= 0.6 is 0 Å². The average Bonchev–Trinajstić information content (AvgIpc) is 3.34. The second kappa shape index (κ2) is 41.5. The molecule has 0 aromatic rings. The summed E-state index contributed by atoms with van der Waals surface area (Å²) in [4.78, 5) is 13.2. The van der Waals surface area contributed by atoms with Crippen LogP contribution in [0.25, 0.3) is 0 Å². The van der Waals surface area contributed by atoms with Crippen LogP contribution in [0.4, 0.5) is 0 Å². The maximum absolute atomic E-state index is 13.2. The molecular formula is C54H105NO13. The molecule has 0 aromatic carbocycles. The Balaban J connectivity index is 1.75. The lowest BCUT2D eigenvalue weighted by atomic mass is 9.97. The molecule has 12 atom stereocenters. The van der Waals surface area contributed by atoms with Gasteiger partial charge in [0.2, 0.25) is 5.91 Å². The molecule has 404 valence electrons. The second-order valence-electron chi connectivity index (χ2n) is 20.4. The zero-order valence-electron chi connectivity index (χ0n) is 43.1. The number of rotatable bonds is 45. The molecule has 0 bridgehead atoms. The number of carbonyl (C=O) groups is 1. The molecule has 2 fully saturated rings. The van der Waals surface area contributed by atoms with Crippen molar-refractivity contribution in [2.75, 3.05) is 19.8 Å². The first-order valence-electron chi connectivity index (χ1n) is 28.3. The van der Waals surface area contributed by atoms with E-state index >= 15 is 0 Å². The second-order valence-corrected chi connectivity index (χ2v) is 20.4. The van der Waals surface area contributed by atoms with Crippen molar-refractivity contribution >= 4 is 5.91 Å². The van der Waals surface area contributed by atoms with E-state index in [4.69, 9.17) is 18.9 Å². The van der Waals surface area contributed by atoms with Gasteiger partial charge in [-0.05, 0) is 12.8 Å². The van der Waals surface area contributed by atoms with Gasteiger partial charge in [0.25, 0.3) is 0 Å². The number of aliphatic hydroxyl groups excluding tert-OH is 8. The van der Waals surface area contributed by atoms with Crippen molar-refractivity contribution in [3.63, 3.8) is 0 Å². The van der Waals surface area contributed by atoms with Crippen molar-refractivity contribution < 1.29 is 64.6 Å². The standard InChI is InChI=1S/C54H105NO13/c1-3-5-7-9-11-13-15-17-18-19-20-21-22-23-24-25-26-27-29-31-33-35-37-43(58)42(55-46(59)38-36-34-32-30-28-16-14-12-10-8-6-4-2)41-65-53-51(64)49(62)52(45(40-57)67-53)68-54-50(63)48(61)47(60)44(39-56)66-54/h42-45,47-54,56-58,60-64H,3-41H2,1-2H3,(H,55,59). The number of aliphatic hydroxyl groups is 8. The number of unbranched alkanes of at least 4 members (excludes halogenated alkanes) is 32. The Hall–Kier alpha value is -1.01. The summed E-state index contributed by atoms with van der Waals surface area (Å²) in [5.41, 5.74) is 0. The molecule has 0 aliphatic carbocycles. The zero-order chi connectivity index (χ0) is 49.6. The van der Waals surface area contributed by atoms with Gasteiger partial charge in [-0.3, -0.25) is 4.79 Å². The SMILES string of the molecule is CCCCCCCCCCCCCCCCCCCCCCCCC(O)C(COC1OC(CO)C(OC2OC(CO)C(O)C(O)C2O)C(O)C1O)NC(=O)CCCCCCCCCCCCCC. The zero-order valence-corrected chi connectivity index (χ0v) is 43.1. The number of hydrogen-bond acceptors (Lipinski definition) is 13. The van der Waals surface area contributed by atoms with Crippen LogP contribution in [0.15, 0.2) is 0 Å². The van der Waals surface area contributed by atoms with E-state index in [2.05, 4.69) is 19.2 Å². The molecule has 2 heterocycles. The molecule has 2 aliphatic rings. The summed E-state index contributed by atoms with van der Waals surface area (Å²) in [6.45, 7) is 2.87. The summed E-state index contributed by atoms with van der Waals surface area (Å²) in [6.07, 6.45) is 26.8. The minimum absolute atomic E-state index is 0.204. The Morgan fingerprint density at radius 3 is 1.25 bits per heavy atom. The summed E-state index contributed by atoms with van der Waals surface area (Å²) in [6, 6.07) is -0.821. The van der Waals surface area contributed by atoms with Crippen molar-refractivity contribution in [3.05, 3.63) is 0 Å². The van der Waals surface area contributed by atoms with Gasteiger partial charge in [-0.25, -0.2) is 0 Å². The predicted octanol–water partition coefficient (Wildman–Crippen LogP) is 8.56. The van der Waals surface area contributed by atoms with Crippen LogP contribution in [-0.4, -0.2) is 140 Å². The molecule has 12 unspecified atom stereocenters. The average molecular weight is 976 g/mol. The maximum Gasteiger partial charge on any atom is 0.220 e. The highest BCUT2D eigenvalue weighted by Gasteiger charge is 2.51. The highest BCUT2D eigenvalue weighted by atomic mass is 16.7. The highest BCUT2D eigenvalue weighted by Crippen LogP contribution is 2.30. The minimum atomic E-state index is -1.78. The molecule has 14 nitrogen and oxygen atoms in total. The number of hydrogen-bond donors (Lipinski definition) is 9. The van der Waals surface area contributed by atoms with E-state index < -0.39 is 86.8 Å². The van der Waals surface area contributed by atoms with Gasteiger partial charge in [0.05, 0.1) is 32.0 Å². The Bertz CT molecular complexity index is 1150. The van der Waals surface area contributed by atoms with Gasteiger partial charge in [-0.1, -0.05) is 226 Å². The van der Waals surface area contributed by atoms with Crippen LogP contribution in [0.3, 0.4) is 0 Å². The molecule has 2 saturated heterocycles. The predicted molar refractivity (Wildman–Crippen MR) is 268 cm³/mol. The molecule has 2 rings (SSSR count). The first kappa shape index (κ1) is 63.1. The van der Waals surface area contributed by atoms with Gasteiger partial charge in [-0.15, -0.1) is 0 Å². The smallest absolute Gasteiger partial charge is 0.220 e. The maximum atomic E-state index is 13.2. The lowest BCUT2D eigenvalue weighted by Crippen LogP contribution is -2.65. The van der Waals surface area contributed by atoms with Crippen LogP contribution < -0.4 is 5.32 Å². The van der Waals surface area contributed by atoms with E-state index in [1.807, 2.05) is 0 Å². The third-order valence-corrected chi connectivity index (χ3v) is 14.3. The van der Waals surface area contributed by atoms with E-state index in [1.54, 1.807) is 0 Å². The van der Waals surface area contributed by atoms with Gasteiger partial charge in [0.1, 0.15) is 48.8 Å². The Morgan fingerprint density at radius 1 is 0.471 bits per heavy atom. The Labute approximate surface area is 413 Å². The minimum Gasteiger partial charge on any atom is -0.394 e. The fraction of sp³-hybridized carbons (Fsp3) is 0.981. The Kier molecular flexibility index (Phi) is 38.5. The lowest BCUT2D eigenvalue weighted by molar-refractivity contribution is -0.359. The molecule has 0 aromatic heterocycles. The molecular weight excluding hydrogens is 871 g/mol. The van der Waals surface area contributed by atoms with Crippen LogP contribution in [0, 0.1) is 0 Å². The van der Waals surface area contributed by atoms with E-state index in [1.165, 1.54) is 167 Å². The molecule has 1 amide bonds. The van der Waals surface area contributed by atoms with Crippen molar-refractivity contribution in [1.82, 2.24) is 5.32 Å². The van der Waals surface area contributed by atoms with Crippen LogP contribution in [-0.2, 0) is 23.7 Å². The first-order valence-corrected chi connectivity index (χ1v) is 28.3. The summed E-state index contributed by atoms with van der Waals surface area (Å²) in [7, 11) is 0. The molecule has 0 saturated carbocycles. The van der Waals surface area contributed by atoms with Crippen LogP contribution in [0.5, 0.6) is 0 Å². The van der Waals surface area contributed by atoms with Gasteiger partial charge < -0.3 is 65.1 Å². The van der Waals surface area contributed by atoms with Crippen molar-refractivity contribution in [2.24, 2.45) is 0 Å². The topological polar surface area (TPSA) is 228 Å². The van der Waals surface area contributed by atoms with E-state index in [9.17, 15) is 45.6 Å². The monoisotopic (exact) mass is 976 g/mol. The fourth-order valence-electron chi connectivity index (χ4n) is 9.71. The van der Waals surface area contributed by atoms with E-state index in [0.717, 1.165) is 51.4 Å².